The van der Waals surface area contributed by atoms with Gasteiger partial charge in [-0.2, -0.15) is 0 Å². The lowest BCUT2D eigenvalue weighted by molar-refractivity contribution is -0.144. The number of hydrogen-bond donors (Lipinski definition) is 2. The molecule has 12 heteroatoms. The first kappa shape index (κ1) is 28.0. The number of nitrogen functional groups attached to an aromatic ring is 1. The molecule has 0 saturated carbocycles. The van der Waals surface area contributed by atoms with Crippen LogP contribution in [-0.4, -0.2) is 64.8 Å². The summed E-state index contributed by atoms with van der Waals surface area (Å²) >= 11 is 0. The van der Waals surface area contributed by atoms with Gasteiger partial charge in [-0.1, -0.05) is 6.07 Å². The van der Waals surface area contributed by atoms with Crippen LogP contribution in [0.1, 0.15) is 11.1 Å². The number of amidine groups is 1. The van der Waals surface area contributed by atoms with E-state index in [0.29, 0.717) is 28.1 Å². The Labute approximate surface area is 213 Å². The fourth-order valence-electron chi connectivity index (χ4n) is 3.32. The molecule has 3 N–H and O–H groups in total. The molecule has 1 aliphatic heterocycles. The van der Waals surface area contributed by atoms with E-state index >= 15 is 0 Å². The number of methoxy groups -OCH3 is 3. The minimum Gasteiger partial charge on any atom is -0.498 e. The van der Waals surface area contributed by atoms with Crippen molar-refractivity contribution in [3.63, 3.8) is 0 Å². The van der Waals surface area contributed by atoms with E-state index in [9.17, 15) is 14.4 Å². The highest BCUT2D eigenvalue weighted by atomic mass is 35.5. The molecule has 1 amide bonds. The molecule has 192 valence electrons. The first-order chi connectivity index (χ1) is 16.8. The number of anilines is 1. The molecule has 2 aromatic rings. The van der Waals surface area contributed by atoms with Crippen LogP contribution in [0.2, 0.25) is 0 Å². The molecule has 0 aliphatic carbocycles. The first-order valence-corrected chi connectivity index (χ1v) is 10.4. The van der Waals surface area contributed by atoms with Crippen molar-refractivity contribution in [1.29, 1.82) is 5.41 Å². The number of hydrogen-bond acceptors (Lipinski definition) is 9. The van der Waals surface area contributed by atoms with Crippen molar-refractivity contribution in [2.45, 2.75) is 0 Å². The van der Waals surface area contributed by atoms with E-state index in [4.69, 9.17) is 25.4 Å². The van der Waals surface area contributed by atoms with Gasteiger partial charge in [0.05, 0.1) is 33.4 Å². The van der Waals surface area contributed by atoms with Gasteiger partial charge in [-0.05, 0) is 42.0 Å². The minimum atomic E-state index is -0.622. The molecule has 0 saturated heterocycles. The van der Waals surface area contributed by atoms with E-state index in [-0.39, 0.29) is 48.8 Å². The molecule has 3 rings (SSSR count). The van der Waals surface area contributed by atoms with Crippen LogP contribution in [0.3, 0.4) is 0 Å². The molecule has 0 bridgehead atoms. The summed E-state index contributed by atoms with van der Waals surface area (Å²) in [6.45, 7) is -0.601. The van der Waals surface area contributed by atoms with Crippen LogP contribution in [0.25, 0.3) is 5.57 Å². The highest BCUT2D eigenvalue weighted by Crippen LogP contribution is 2.37. The normalized spacial score (nSPS) is 12.5. The summed E-state index contributed by atoms with van der Waals surface area (Å²) < 4.78 is 25.7. The van der Waals surface area contributed by atoms with Crippen LogP contribution in [0.5, 0.6) is 11.5 Å². The molecule has 1 aliphatic rings. The number of carbonyl (C=O) groups excluding carboxylic acids is 3. The molecule has 2 aromatic carbocycles. The fraction of sp³-hybridized carbons (Fsp3) is 0.250. The summed E-state index contributed by atoms with van der Waals surface area (Å²) in [5.41, 5.74) is 7.40. The van der Waals surface area contributed by atoms with E-state index in [2.05, 4.69) is 9.47 Å². The van der Waals surface area contributed by atoms with Gasteiger partial charge in [0, 0.05) is 11.3 Å². The predicted octanol–water partition coefficient (Wildman–Crippen LogP) is 1.90. The quantitative estimate of drug-likeness (QED) is 0.272. The molecule has 0 spiro atoms. The second kappa shape index (κ2) is 12.5. The van der Waals surface area contributed by atoms with Crippen molar-refractivity contribution in [1.82, 2.24) is 0 Å². The average molecular weight is 520 g/mol. The van der Waals surface area contributed by atoms with Gasteiger partial charge in [0.2, 0.25) is 0 Å². The molecule has 0 fully saturated rings. The average Bonchev–Trinajstić information content (AvgIpc) is 3.21. The Morgan fingerprint density at radius 2 is 1.53 bits per heavy atom. The number of esters is 2. The van der Waals surface area contributed by atoms with Crippen molar-refractivity contribution in [2.75, 3.05) is 46.0 Å². The molecular formula is C24H26ClN3O8. The van der Waals surface area contributed by atoms with Crippen molar-refractivity contribution in [3.8, 4) is 11.5 Å². The lowest BCUT2D eigenvalue weighted by atomic mass is 10.0. The monoisotopic (exact) mass is 519 g/mol. The number of nitrogens with one attached hydrogen (secondary N) is 1. The number of rotatable bonds is 10. The number of ether oxygens (including phenoxy) is 5. The lowest BCUT2D eigenvalue weighted by Crippen LogP contribution is -2.26. The van der Waals surface area contributed by atoms with Gasteiger partial charge in [-0.15, -0.1) is 12.4 Å². The topological polar surface area (TPSA) is 150 Å². The zero-order chi connectivity index (χ0) is 25.5. The smallest absolute Gasteiger partial charge is 0.343 e. The third-order valence-corrected chi connectivity index (χ3v) is 5.15. The first-order valence-electron chi connectivity index (χ1n) is 10.4. The molecule has 0 atom stereocenters. The van der Waals surface area contributed by atoms with Crippen LogP contribution in [0.15, 0.2) is 48.2 Å². The molecule has 1 heterocycles. The highest BCUT2D eigenvalue weighted by molar-refractivity contribution is 6.29. The Hall–Kier alpha value is -4.25. The van der Waals surface area contributed by atoms with E-state index in [1.807, 2.05) is 0 Å². The molecule has 0 aromatic heterocycles. The standard InChI is InChI=1S/C24H25N3O8.ClH/c1-31-19-11-27(16-7-4-14(5-8-16)23(25)26)24(30)22(19)15-6-9-17(34-12-20(28)32-2)18(10-15)35-13-21(29)33-3;/h4-10H,11-13H2,1-3H3,(H3,25,26);1H. The van der Waals surface area contributed by atoms with Gasteiger partial charge in [0.25, 0.3) is 5.91 Å². The number of benzene rings is 2. The van der Waals surface area contributed by atoms with Crippen LogP contribution < -0.4 is 20.1 Å². The molecule has 11 nitrogen and oxygen atoms in total. The van der Waals surface area contributed by atoms with Gasteiger partial charge in [-0.3, -0.25) is 10.2 Å². The van der Waals surface area contributed by atoms with Gasteiger partial charge in [0.1, 0.15) is 11.6 Å². The second-order valence-corrected chi connectivity index (χ2v) is 7.25. The second-order valence-electron chi connectivity index (χ2n) is 7.25. The maximum Gasteiger partial charge on any atom is 0.343 e. The summed E-state index contributed by atoms with van der Waals surface area (Å²) in [7, 11) is 3.92. The Kier molecular flexibility index (Phi) is 9.68. The van der Waals surface area contributed by atoms with E-state index in [0.717, 1.165) is 0 Å². The third-order valence-electron chi connectivity index (χ3n) is 5.15. The number of nitrogens with zero attached hydrogens (tertiary/aromatic N) is 1. The SMILES string of the molecule is COC(=O)COc1ccc(C2=C(OC)CN(c3ccc(C(=N)N)cc3)C2=O)cc1OCC(=O)OC.Cl. The van der Waals surface area contributed by atoms with Crippen molar-refractivity contribution in [3.05, 3.63) is 59.4 Å². The Morgan fingerprint density at radius 1 is 0.944 bits per heavy atom. The van der Waals surface area contributed by atoms with Gasteiger partial charge < -0.3 is 34.3 Å². The molecule has 0 radical (unpaired) electrons. The van der Waals surface area contributed by atoms with Crippen LogP contribution in [0.4, 0.5) is 5.69 Å². The molecular weight excluding hydrogens is 494 g/mol. The third kappa shape index (κ3) is 6.25. The highest BCUT2D eigenvalue weighted by Gasteiger charge is 2.34. The number of carbonyl (C=O) groups is 3. The fourth-order valence-corrected chi connectivity index (χ4v) is 3.32. The Balaban J connectivity index is 0.00000456. The molecule has 36 heavy (non-hydrogen) atoms. The molecule has 0 unspecified atom stereocenters. The summed E-state index contributed by atoms with van der Waals surface area (Å²) in [6, 6.07) is 11.3. The van der Waals surface area contributed by atoms with Crippen LogP contribution >= 0.6 is 12.4 Å². The summed E-state index contributed by atoms with van der Waals surface area (Å²) in [5.74, 6) is -0.901. The van der Waals surface area contributed by atoms with Crippen molar-refractivity contribution < 1.29 is 38.1 Å². The number of amides is 1. The van der Waals surface area contributed by atoms with Crippen LogP contribution in [0, 0.1) is 5.41 Å². The summed E-state index contributed by atoms with van der Waals surface area (Å²) in [4.78, 5) is 38.0. The van der Waals surface area contributed by atoms with Crippen LogP contribution in [-0.2, 0) is 28.6 Å². The van der Waals surface area contributed by atoms with Gasteiger partial charge >= 0.3 is 11.9 Å². The maximum atomic E-state index is 13.4. The van der Waals surface area contributed by atoms with E-state index < -0.39 is 18.5 Å². The number of nitrogens with two attached hydrogens (primary N) is 1. The lowest BCUT2D eigenvalue weighted by Gasteiger charge is -2.17. The Morgan fingerprint density at radius 3 is 2.06 bits per heavy atom. The minimum absolute atomic E-state index is 0. The number of halogens is 1. The van der Waals surface area contributed by atoms with Crippen molar-refractivity contribution >= 4 is 47.3 Å². The van der Waals surface area contributed by atoms with Gasteiger partial charge in [-0.25, -0.2) is 9.59 Å². The summed E-state index contributed by atoms with van der Waals surface area (Å²) in [5, 5.41) is 7.53. The van der Waals surface area contributed by atoms with Gasteiger partial charge in [0.15, 0.2) is 24.7 Å². The van der Waals surface area contributed by atoms with Crippen molar-refractivity contribution in [2.24, 2.45) is 5.73 Å². The van der Waals surface area contributed by atoms with E-state index in [1.54, 1.807) is 30.3 Å². The summed E-state index contributed by atoms with van der Waals surface area (Å²) in [6.07, 6.45) is 0. The zero-order valence-corrected chi connectivity index (χ0v) is 20.7. The zero-order valence-electron chi connectivity index (χ0n) is 19.9. The van der Waals surface area contributed by atoms with E-state index in [1.165, 1.54) is 38.4 Å². The Bertz CT molecular complexity index is 1180. The maximum absolute atomic E-state index is 13.4. The predicted molar refractivity (Wildman–Crippen MR) is 132 cm³/mol. The largest absolute Gasteiger partial charge is 0.498 e.